The molecule has 6 nitrogen and oxygen atoms in total. The highest BCUT2D eigenvalue weighted by atomic mass is 16.6. The number of esters is 1. The monoisotopic (exact) mass is 203 g/mol. The maximum atomic E-state index is 10.8. The van der Waals surface area contributed by atoms with Crippen LogP contribution in [0.15, 0.2) is 11.5 Å². The summed E-state index contributed by atoms with van der Waals surface area (Å²) in [6.45, 7) is 0.218. The van der Waals surface area contributed by atoms with E-state index in [1.54, 1.807) is 19.0 Å². The molecule has 0 saturated heterocycles. The minimum atomic E-state index is -1.16. The first-order chi connectivity index (χ1) is 6.43. The number of carbonyl (C=O) groups excluding carboxylic acids is 1. The Balaban J connectivity index is 2.68. The molecule has 2 unspecified atom stereocenters. The number of ether oxygens (including phenoxy) is 1. The van der Waals surface area contributed by atoms with Crippen molar-refractivity contribution in [3.63, 3.8) is 0 Å². The fraction of sp³-hybridized carbons (Fsp3) is 0.625. The van der Waals surface area contributed by atoms with Crippen molar-refractivity contribution < 1.29 is 24.9 Å². The van der Waals surface area contributed by atoms with Crippen molar-refractivity contribution >= 4 is 5.97 Å². The van der Waals surface area contributed by atoms with Crippen LogP contribution in [-0.2, 0) is 9.53 Å². The number of hydrogen-bond acceptors (Lipinski definition) is 6. The zero-order valence-electron chi connectivity index (χ0n) is 7.97. The van der Waals surface area contributed by atoms with E-state index < -0.39 is 29.7 Å². The molecule has 1 aliphatic heterocycles. The molecule has 80 valence electrons. The summed E-state index contributed by atoms with van der Waals surface area (Å²) >= 11 is 0. The van der Waals surface area contributed by atoms with E-state index in [1.807, 2.05) is 0 Å². The van der Waals surface area contributed by atoms with E-state index in [2.05, 4.69) is 4.74 Å². The van der Waals surface area contributed by atoms with Crippen LogP contribution < -0.4 is 0 Å². The smallest absolute Gasteiger partial charge is 0.377 e. The molecule has 0 amide bonds. The summed E-state index contributed by atoms with van der Waals surface area (Å²) in [5, 5.41) is 27.7. The van der Waals surface area contributed by atoms with E-state index in [0.29, 0.717) is 0 Å². The Hall–Kier alpha value is -1.27. The van der Waals surface area contributed by atoms with Crippen LogP contribution in [0.4, 0.5) is 0 Å². The van der Waals surface area contributed by atoms with Gasteiger partial charge in [-0.25, -0.2) is 4.79 Å². The first-order valence-electron chi connectivity index (χ1n) is 4.09. The molecule has 0 bridgehead atoms. The van der Waals surface area contributed by atoms with Crippen molar-refractivity contribution in [3.05, 3.63) is 11.5 Å². The standard InChI is InChI=1S/C8H13NO5/c1-9(2)3-4(10)7-5(11)6(12)8(13)14-7/h4,7,10-12H,3H2,1-2H3. The maximum Gasteiger partial charge on any atom is 0.377 e. The number of carbonyl (C=O) groups is 1. The summed E-state index contributed by atoms with van der Waals surface area (Å²) in [5.74, 6) is -2.44. The van der Waals surface area contributed by atoms with Gasteiger partial charge in [0.15, 0.2) is 11.9 Å². The van der Waals surface area contributed by atoms with Crippen molar-refractivity contribution in [3.8, 4) is 0 Å². The van der Waals surface area contributed by atoms with Gasteiger partial charge in [0, 0.05) is 6.54 Å². The Bertz CT molecular complexity index is 273. The van der Waals surface area contributed by atoms with Gasteiger partial charge in [0.05, 0.1) is 0 Å². The van der Waals surface area contributed by atoms with Crippen LogP contribution in [0.2, 0.25) is 0 Å². The van der Waals surface area contributed by atoms with Crippen molar-refractivity contribution in [2.75, 3.05) is 20.6 Å². The van der Waals surface area contributed by atoms with Gasteiger partial charge in [0.25, 0.3) is 0 Å². The summed E-state index contributed by atoms with van der Waals surface area (Å²) < 4.78 is 4.56. The molecule has 1 heterocycles. The van der Waals surface area contributed by atoms with Crippen LogP contribution in [0, 0.1) is 0 Å². The summed E-state index contributed by atoms with van der Waals surface area (Å²) in [5.41, 5.74) is 0. The third-order valence-corrected chi connectivity index (χ3v) is 1.84. The largest absolute Gasteiger partial charge is 0.505 e. The molecule has 14 heavy (non-hydrogen) atoms. The topological polar surface area (TPSA) is 90.2 Å². The molecule has 1 rings (SSSR count). The Kier molecular flexibility index (Phi) is 2.97. The minimum Gasteiger partial charge on any atom is -0.505 e. The molecule has 0 fully saturated rings. The van der Waals surface area contributed by atoms with Crippen molar-refractivity contribution in [1.29, 1.82) is 0 Å². The quantitative estimate of drug-likeness (QED) is 0.518. The van der Waals surface area contributed by atoms with Gasteiger partial charge in [-0.3, -0.25) is 0 Å². The molecule has 0 aromatic carbocycles. The molecule has 0 aliphatic carbocycles. The molecule has 0 radical (unpaired) electrons. The highest BCUT2D eigenvalue weighted by Crippen LogP contribution is 2.21. The number of hydrogen-bond donors (Lipinski definition) is 3. The van der Waals surface area contributed by atoms with Gasteiger partial charge in [-0.05, 0) is 14.1 Å². The molecular weight excluding hydrogens is 190 g/mol. The predicted molar refractivity (Wildman–Crippen MR) is 46.7 cm³/mol. The molecule has 6 heteroatoms. The van der Waals surface area contributed by atoms with Crippen LogP contribution in [0.25, 0.3) is 0 Å². The van der Waals surface area contributed by atoms with E-state index >= 15 is 0 Å². The first kappa shape index (κ1) is 10.8. The van der Waals surface area contributed by atoms with Crippen molar-refractivity contribution in [2.24, 2.45) is 0 Å². The van der Waals surface area contributed by atoms with E-state index in [0.717, 1.165) is 0 Å². The molecular formula is C8H13NO5. The number of cyclic esters (lactones) is 1. The van der Waals surface area contributed by atoms with Crippen LogP contribution in [0.3, 0.4) is 0 Å². The summed E-state index contributed by atoms with van der Waals surface area (Å²) in [4.78, 5) is 12.4. The van der Waals surface area contributed by atoms with Crippen LogP contribution in [0.1, 0.15) is 0 Å². The lowest BCUT2D eigenvalue weighted by atomic mass is 10.1. The van der Waals surface area contributed by atoms with Gasteiger partial charge >= 0.3 is 5.97 Å². The lowest BCUT2D eigenvalue weighted by molar-refractivity contribution is -0.147. The summed E-state index contributed by atoms with van der Waals surface area (Å²) in [6, 6.07) is 0. The molecule has 2 atom stereocenters. The Morgan fingerprint density at radius 2 is 2.07 bits per heavy atom. The first-order valence-corrected chi connectivity index (χ1v) is 4.09. The normalized spacial score (nSPS) is 24.3. The number of likely N-dealkylation sites (N-methyl/N-ethyl adjacent to an activating group) is 1. The van der Waals surface area contributed by atoms with Crippen LogP contribution in [0.5, 0.6) is 0 Å². The van der Waals surface area contributed by atoms with Crippen LogP contribution in [-0.4, -0.2) is 59.0 Å². The van der Waals surface area contributed by atoms with Crippen molar-refractivity contribution in [2.45, 2.75) is 12.2 Å². The highest BCUT2D eigenvalue weighted by molar-refractivity contribution is 5.89. The fourth-order valence-electron chi connectivity index (χ4n) is 1.20. The number of aliphatic hydroxyl groups excluding tert-OH is 3. The van der Waals surface area contributed by atoms with Gasteiger partial charge in [0.1, 0.15) is 6.10 Å². The average molecular weight is 203 g/mol. The van der Waals surface area contributed by atoms with E-state index in [-0.39, 0.29) is 6.54 Å². The van der Waals surface area contributed by atoms with E-state index in [1.165, 1.54) is 0 Å². The molecule has 0 saturated carbocycles. The van der Waals surface area contributed by atoms with Gasteiger partial charge in [-0.2, -0.15) is 0 Å². The molecule has 1 aliphatic rings. The number of rotatable bonds is 3. The van der Waals surface area contributed by atoms with E-state index in [9.17, 15) is 15.0 Å². The van der Waals surface area contributed by atoms with Gasteiger partial charge in [-0.1, -0.05) is 0 Å². The van der Waals surface area contributed by atoms with Gasteiger partial charge in [-0.15, -0.1) is 0 Å². The lowest BCUT2D eigenvalue weighted by Crippen LogP contribution is -2.37. The lowest BCUT2D eigenvalue weighted by Gasteiger charge is -2.20. The highest BCUT2D eigenvalue weighted by Gasteiger charge is 2.39. The second kappa shape index (κ2) is 3.85. The van der Waals surface area contributed by atoms with E-state index in [4.69, 9.17) is 5.11 Å². The molecule has 0 aromatic rings. The van der Waals surface area contributed by atoms with Gasteiger partial charge in [0.2, 0.25) is 5.76 Å². The summed E-state index contributed by atoms with van der Waals surface area (Å²) in [6.07, 6.45) is -2.22. The Morgan fingerprint density at radius 1 is 1.50 bits per heavy atom. The maximum absolute atomic E-state index is 10.8. The third kappa shape index (κ3) is 1.97. The van der Waals surface area contributed by atoms with Gasteiger partial charge < -0.3 is 25.0 Å². The molecule has 0 spiro atoms. The third-order valence-electron chi connectivity index (χ3n) is 1.84. The Morgan fingerprint density at radius 3 is 2.43 bits per heavy atom. The average Bonchev–Trinajstić information content (AvgIpc) is 2.32. The zero-order valence-corrected chi connectivity index (χ0v) is 7.97. The number of nitrogens with zero attached hydrogens (tertiary/aromatic N) is 1. The Labute approximate surface area is 81.0 Å². The minimum absolute atomic E-state index is 0.218. The second-order valence-corrected chi connectivity index (χ2v) is 3.39. The second-order valence-electron chi connectivity index (χ2n) is 3.39. The predicted octanol–water partition coefficient (Wildman–Crippen LogP) is -0.838. The molecule has 0 aromatic heterocycles. The molecule has 3 N–H and O–H groups in total. The fourth-order valence-corrected chi connectivity index (χ4v) is 1.20. The number of aliphatic hydroxyl groups is 3. The van der Waals surface area contributed by atoms with Crippen LogP contribution >= 0.6 is 0 Å². The zero-order chi connectivity index (χ0) is 10.9. The SMILES string of the molecule is CN(C)CC(O)C1OC(=O)C(O)=C1O. The van der Waals surface area contributed by atoms with Crippen molar-refractivity contribution in [1.82, 2.24) is 4.90 Å². The summed E-state index contributed by atoms with van der Waals surface area (Å²) in [7, 11) is 3.45.